The van der Waals surface area contributed by atoms with Crippen molar-refractivity contribution in [2.45, 2.75) is 192 Å². The Labute approximate surface area is 354 Å². The minimum absolute atomic E-state index is 0.109. The third-order valence-electron chi connectivity index (χ3n) is 13.4. The van der Waals surface area contributed by atoms with Crippen LogP contribution in [0.2, 0.25) is 36.3 Å². The van der Waals surface area contributed by atoms with Crippen LogP contribution in [0.15, 0.2) is 11.6 Å². The topological polar surface area (TPSA) is 150 Å². The summed E-state index contributed by atoms with van der Waals surface area (Å²) in [6.07, 6.45) is -1.94. The number of carbonyl (C=O) groups is 1. The number of rotatable bonds is 28. The number of hydrogen-bond donors (Lipinski definition) is 2. The molecule has 0 aromatic rings. The lowest BCUT2D eigenvalue weighted by Crippen LogP contribution is -2.71. The second kappa shape index (κ2) is 24.7. The fourth-order valence-corrected chi connectivity index (χ4v) is 11.6. The van der Waals surface area contributed by atoms with E-state index in [2.05, 4.69) is 67.6 Å². The van der Waals surface area contributed by atoms with Crippen molar-refractivity contribution in [1.82, 2.24) is 0 Å². The summed E-state index contributed by atoms with van der Waals surface area (Å²) in [7, 11) is 4.83. The van der Waals surface area contributed by atoms with Gasteiger partial charge in [-0.05, 0) is 61.1 Å². The molecule has 0 amide bonds. The molecule has 1 saturated heterocycles. The summed E-state index contributed by atoms with van der Waals surface area (Å²) < 4.78 is 61.3. The van der Waals surface area contributed by atoms with Gasteiger partial charge in [0.15, 0.2) is 22.7 Å². The van der Waals surface area contributed by atoms with Crippen LogP contribution in [0.25, 0.3) is 0 Å². The Bertz CT molecular complexity index is 1200. The molecule has 0 saturated carbocycles. The lowest BCUT2D eigenvalue weighted by molar-refractivity contribution is -0.384. The SMILES string of the molecule is CC[C@@H](/C=C(/C)[C@H](O)C[C@@H](C[C@@H](O)C(C)(C)[C@]1(OC)O[C@H](C[C@H](OC)[C@@H](OCOC)C(=O)OC)C[C@H](OC)[C@@H]1O[Si](CC)(CC)CC)OC)CO[Si](C)(C)C(C)(C)C. The first-order valence-corrected chi connectivity index (χ1v) is 26.8. The van der Waals surface area contributed by atoms with Gasteiger partial charge in [-0.2, -0.15) is 0 Å². The first kappa shape index (κ1) is 55.2. The number of aliphatic hydroxyl groups excluding tert-OH is 2. The lowest BCUT2D eigenvalue weighted by Gasteiger charge is -2.58. The van der Waals surface area contributed by atoms with E-state index in [0.29, 0.717) is 13.0 Å². The summed E-state index contributed by atoms with van der Waals surface area (Å²) in [6.45, 7) is 26.1. The molecule has 1 aliphatic rings. The largest absolute Gasteiger partial charge is 0.467 e. The molecule has 1 heterocycles. The normalized spacial score (nSPS) is 24.6. The summed E-state index contributed by atoms with van der Waals surface area (Å²) >= 11 is 0. The van der Waals surface area contributed by atoms with Crippen molar-refractivity contribution in [2.24, 2.45) is 11.3 Å². The van der Waals surface area contributed by atoms with Crippen molar-refractivity contribution in [3.8, 4) is 0 Å². The van der Waals surface area contributed by atoms with Crippen molar-refractivity contribution in [3.05, 3.63) is 11.6 Å². The van der Waals surface area contributed by atoms with Gasteiger partial charge in [0.25, 0.3) is 0 Å². The fourth-order valence-electron chi connectivity index (χ4n) is 7.71. The molecule has 0 aromatic heterocycles. The van der Waals surface area contributed by atoms with E-state index in [9.17, 15) is 15.0 Å². The van der Waals surface area contributed by atoms with Gasteiger partial charge in [0.05, 0.1) is 43.7 Å². The molecule has 13 nitrogen and oxygen atoms in total. The Morgan fingerprint density at radius 1 is 0.931 bits per heavy atom. The van der Waals surface area contributed by atoms with E-state index in [1.54, 1.807) is 21.3 Å². The van der Waals surface area contributed by atoms with Crippen molar-refractivity contribution < 1.29 is 61.8 Å². The molecule has 58 heavy (non-hydrogen) atoms. The highest BCUT2D eigenvalue weighted by Crippen LogP contribution is 2.50. The van der Waals surface area contributed by atoms with E-state index in [4.69, 9.17) is 46.7 Å². The molecule has 1 fully saturated rings. The Kier molecular flexibility index (Phi) is 23.6. The fraction of sp³-hybridized carbons (Fsp3) is 0.930. The molecule has 1 rings (SSSR count). The molecule has 15 heteroatoms. The maximum atomic E-state index is 12.9. The molecular formula is C43H86O13Si2. The number of carbonyl (C=O) groups excluding carboxylic acids is 1. The molecule has 10 atom stereocenters. The summed E-state index contributed by atoms with van der Waals surface area (Å²) in [5.74, 6) is -1.98. The van der Waals surface area contributed by atoms with Gasteiger partial charge in [-0.3, -0.25) is 0 Å². The van der Waals surface area contributed by atoms with E-state index in [1.807, 2.05) is 20.8 Å². The molecule has 0 radical (unpaired) electrons. The van der Waals surface area contributed by atoms with Gasteiger partial charge in [-0.15, -0.1) is 0 Å². The number of aliphatic hydroxyl groups is 2. The highest BCUT2D eigenvalue weighted by molar-refractivity contribution is 6.74. The van der Waals surface area contributed by atoms with E-state index in [1.165, 1.54) is 21.3 Å². The standard InChI is InChI=1S/C43H86O13Si2/c1-19-31(28-54-57(17,18)41(6,7)8)23-30(5)34(44)24-32(48-12)27-37(45)42(9,10)43(52-16)39(56-58(20-2,21-3)22-4)36(50-14)26-33(55-43)25-35(49-13)38(40(46)51-15)53-29-47-11/h23,31-39,44-45H,19-22,24-29H2,1-18H3/b30-23-/t31-,32-,33+,34+,35-,36-,37+,38+,39-,43+/m0/s1. The van der Waals surface area contributed by atoms with Gasteiger partial charge in [0, 0.05) is 73.3 Å². The lowest BCUT2D eigenvalue weighted by atomic mass is 9.70. The highest BCUT2D eigenvalue weighted by atomic mass is 28.4. The third kappa shape index (κ3) is 14.1. The van der Waals surface area contributed by atoms with Gasteiger partial charge >= 0.3 is 5.97 Å². The monoisotopic (exact) mass is 867 g/mol. The second-order valence-corrected chi connectivity index (χ2v) is 27.7. The van der Waals surface area contributed by atoms with Crippen molar-refractivity contribution in [1.29, 1.82) is 0 Å². The summed E-state index contributed by atoms with van der Waals surface area (Å²) in [5.41, 5.74) is -0.285. The van der Waals surface area contributed by atoms with Crippen LogP contribution < -0.4 is 0 Å². The van der Waals surface area contributed by atoms with Gasteiger partial charge < -0.3 is 57.0 Å². The summed E-state index contributed by atoms with van der Waals surface area (Å²) in [6, 6.07) is 2.63. The molecular weight excluding hydrogens is 781 g/mol. The van der Waals surface area contributed by atoms with E-state index in [-0.39, 0.29) is 37.0 Å². The quantitative estimate of drug-likeness (QED) is 0.0344. The first-order chi connectivity index (χ1) is 27.0. The average molecular weight is 867 g/mol. The van der Waals surface area contributed by atoms with Crippen LogP contribution in [0.5, 0.6) is 0 Å². The maximum absolute atomic E-state index is 12.9. The van der Waals surface area contributed by atoms with Crippen LogP contribution >= 0.6 is 0 Å². The average Bonchev–Trinajstić information content (AvgIpc) is 3.19. The maximum Gasteiger partial charge on any atom is 0.337 e. The third-order valence-corrected chi connectivity index (χ3v) is 22.6. The number of esters is 1. The minimum atomic E-state index is -2.32. The van der Waals surface area contributed by atoms with Crippen LogP contribution in [-0.2, 0) is 51.5 Å². The van der Waals surface area contributed by atoms with Crippen LogP contribution in [0, 0.1) is 11.3 Å². The predicted molar refractivity (Wildman–Crippen MR) is 233 cm³/mol. The Balaban J connectivity index is 3.61. The van der Waals surface area contributed by atoms with E-state index >= 15 is 0 Å². The van der Waals surface area contributed by atoms with Crippen molar-refractivity contribution >= 4 is 22.6 Å². The van der Waals surface area contributed by atoms with Gasteiger partial charge in [0.2, 0.25) is 5.79 Å². The first-order valence-electron chi connectivity index (χ1n) is 21.4. The summed E-state index contributed by atoms with van der Waals surface area (Å²) in [5, 5.41) is 24.0. The molecule has 344 valence electrons. The van der Waals surface area contributed by atoms with Crippen LogP contribution in [-0.4, -0.2) is 143 Å². The Morgan fingerprint density at radius 2 is 1.53 bits per heavy atom. The summed E-state index contributed by atoms with van der Waals surface area (Å²) in [4.78, 5) is 12.9. The minimum Gasteiger partial charge on any atom is -0.467 e. The smallest absolute Gasteiger partial charge is 0.337 e. The van der Waals surface area contributed by atoms with Gasteiger partial charge in [-0.1, -0.05) is 68.4 Å². The van der Waals surface area contributed by atoms with Crippen molar-refractivity contribution in [2.75, 3.05) is 56.1 Å². The zero-order valence-corrected chi connectivity index (χ0v) is 41.7. The molecule has 0 aromatic carbocycles. The molecule has 0 bridgehead atoms. The molecule has 0 unspecified atom stereocenters. The van der Waals surface area contributed by atoms with Crippen LogP contribution in [0.4, 0.5) is 0 Å². The van der Waals surface area contributed by atoms with E-state index < -0.39 is 82.6 Å². The molecule has 0 aliphatic carbocycles. The second-order valence-electron chi connectivity index (χ2n) is 18.2. The zero-order chi connectivity index (χ0) is 44.7. The predicted octanol–water partition coefficient (Wildman–Crippen LogP) is 7.63. The highest BCUT2D eigenvalue weighted by Gasteiger charge is 2.64. The Morgan fingerprint density at radius 3 is 1.98 bits per heavy atom. The molecule has 2 N–H and O–H groups in total. The molecule has 0 spiro atoms. The zero-order valence-electron chi connectivity index (χ0n) is 39.7. The van der Waals surface area contributed by atoms with Gasteiger partial charge in [-0.25, -0.2) is 4.79 Å². The number of ether oxygens (including phenoxy) is 8. The van der Waals surface area contributed by atoms with E-state index in [0.717, 1.165) is 30.1 Å². The van der Waals surface area contributed by atoms with Gasteiger partial charge in [0.1, 0.15) is 12.9 Å². The molecule has 1 aliphatic heterocycles. The number of hydrogen-bond acceptors (Lipinski definition) is 13. The Hall–Kier alpha value is -0.796. The van der Waals surface area contributed by atoms with Crippen LogP contribution in [0.1, 0.15) is 101 Å². The van der Waals surface area contributed by atoms with Crippen molar-refractivity contribution in [3.63, 3.8) is 0 Å². The number of methoxy groups -OCH3 is 6. The van der Waals surface area contributed by atoms with Crippen LogP contribution in [0.3, 0.4) is 0 Å².